The first-order chi connectivity index (χ1) is 10.2. The Morgan fingerprint density at radius 1 is 1.19 bits per heavy atom. The van der Waals surface area contributed by atoms with Gasteiger partial charge in [0.1, 0.15) is 0 Å². The van der Waals surface area contributed by atoms with Crippen LogP contribution in [0.1, 0.15) is 37.7 Å². The Labute approximate surface area is 126 Å². The van der Waals surface area contributed by atoms with E-state index in [1.165, 1.54) is 11.1 Å². The summed E-state index contributed by atoms with van der Waals surface area (Å²) in [5, 5.41) is 0. The Hall–Kier alpha value is -1.61. The smallest absolute Gasteiger partial charge is 0.230 e. The van der Waals surface area contributed by atoms with Gasteiger partial charge in [-0.15, -0.1) is 0 Å². The number of carbonyl (C=O) groups excluding carboxylic acids is 1. The van der Waals surface area contributed by atoms with Gasteiger partial charge < -0.3 is 10.6 Å². The van der Waals surface area contributed by atoms with E-state index < -0.39 is 0 Å². The molecule has 1 aromatic rings. The van der Waals surface area contributed by atoms with Crippen LogP contribution in [0, 0.1) is 5.41 Å². The molecule has 0 bridgehead atoms. The molecule has 21 heavy (non-hydrogen) atoms. The maximum absolute atomic E-state index is 12.8. The summed E-state index contributed by atoms with van der Waals surface area (Å²) >= 11 is 0. The summed E-state index contributed by atoms with van der Waals surface area (Å²) in [4.78, 5) is 14.8. The molecule has 2 aliphatic rings. The topological polar surface area (TPSA) is 46.3 Å². The van der Waals surface area contributed by atoms with Gasteiger partial charge in [-0.2, -0.15) is 0 Å². The first-order valence-corrected chi connectivity index (χ1v) is 7.99. The third-order valence-electron chi connectivity index (χ3n) is 5.05. The fraction of sp³-hybridized carbons (Fsp3) is 0.500. The average Bonchev–Trinajstić information content (AvgIpc) is 3.05. The van der Waals surface area contributed by atoms with E-state index in [1.807, 2.05) is 11.0 Å². The van der Waals surface area contributed by atoms with E-state index in [-0.39, 0.29) is 11.3 Å². The summed E-state index contributed by atoms with van der Waals surface area (Å²) in [6.45, 7) is 2.05. The van der Waals surface area contributed by atoms with E-state index >= 15 is 0 Å². The highest BCUT2D eigenvalue weighted by Crippen LogP contribution is 2.39. The lowest BCUT2D eigenvalue weighted by Gasteiger charge is -2.35. The number of nitrogens with two attached hydrogens (primary N) is 1. The standard InChI is InChI=1S/C18H24N2O/c19-14-18(10-4-5-11-18)17(21)20-12-8-16(9-13-20)15-6-2-1-3-7-15/h1-3,6-8H,4-5,9-14,19H2. The summed E-state index contributed by atoms with van der Waals surface area (Å²) in [5.41, 5.74) is 8.30. The summed E-state index contributed by atoms with van der Waals surface area (Å²) in [5.74, 6) is 0.283. The number of carbonyl (C=O) groups is 1. The van der Waals surface area contributed by atoms with Gasteiger partial charge in [-0.3, -0.25) is 4.79 Å². The lowest BCUT2D eigenvalue weighted by atomic mass is 9.84. The second-order valence-corrected chi connectivity index (χ2v) is 6.29. The zero-order chi connectivity index (χ0) is 14.7. The predicted octanol–water partition coefficient (Wildman–Crippen LogP) is 2.82. The molecule has 0 atom stereocenters. The van der Waals surface area contributed by atoms with Gasteiger partial charge in [-0.25, -0.2) is 0 Å². The molecule has 112 valence electrons. The summed E-state index contributed by atoms with van der Waals surface area (Å²) in [6.07, 6.45) is 7.36. The van der Waals surface area contributed by atoms with Gasteiger partial charge in [0.2, 0.25) is 5.91 Å². The molecule has 1 aliphatic heterocycles. The molecule has 0 aromatic heterocycles. The Balaban J connectivity index is 1.70. The van der Waals surface area contributed by atoms with E-state index in [2.05, 4.69) is 30.3 Å². The van der Waals surface area contributed by atoms with Crippen LogP contribution in [0.25, 0.3) is 5.57 Å². The van der Waals surface area contributed by atoms with Gasteiger partial charge in [0.25, 0.3) is 0 Å². The first kappa shape index (κ1) is 14.3. The fourth-order valence-corrected chi connectivity index (χ4v) is 3.66. The summed E-state index contributed by atoms with van der Waals surface area (Å²) in [6, 6.07) is 10.4. The van der Waals surface area contributed by atoms with Gasteiger partial charge in [0, 0.05) is 19.6 Å². The van der Waals surface area contributed by atoms with Crippen LogP contribution in [0.5, 0.6) is 0 Å². The van der Waals surface area contributed by atoms with Crippen LogP contribution in [-0.4, -0.2) is 30.4 Å². The second-order valence-electron chi connectivity index (χ2n) is 6.29. The zero-order valence-electron chi connectivity index (χ0n) is 12.6. The first-order valence-electron chi connectivity index (χ1n) is 7.99. The second kappa shape index (κ2) is 6.02. The van der Waals surface area contributed by atoms with Crippen LogP contribution in [-0.2, 0) is 4.79 Å². The van der Waals surface area contributed by atoms with Crippen LogP contribution >= 0.6 is 0 Å². The third kappa shape index (κ3) is 2.75. The van der Waals surface area contributed by atoms with Gasteiger partial charge >= 0.3 is 0 Å². The van der Waals surface area contributed by atoms with Crippen molar-refractivity contribution in [3.8, 4) is 0 Å². The minimum absolute atomic E-state index is 0.266. The van der Waals surface area contributed by atoms with Crippen molar-refractivity contribution < 1.29 is 4.79 Å². The molecule has 1 aliphatic carbocycles. The van der Waals surface area contributed by atoms with Gasteiger partial charge in [-0.05, 0) is 30.4 Å². The molecule has 3 nitrogen and oxygen atoms in total. The normalized spacial score (nSPS) is 21.2. The fourth-order valence-electron chi connectivity index (χ4n) is 3.66. The molecule has 0 spiro atoms. The van der Waals surface area contributed by atoms with Crippen molar-refractivity contribution in [3.63, 3.8) is 0 Å². The van der Waals surface area contributed by atoms with Crippen LogP contribution < -0.4 is 5.73 Å². The van der Waals surface area contributed by atoms with Gasteiger partial charge in [-0.1, -0.05) is 49.2 Å². The molecule has 1 aromatic carbocycles. The molecule has 0 unspecified atom stereocenters. The number of rotatable bonds is 3. The van der Waals surface area contributed by atoms with Gasteiger partial charge in [0.05, 0.1) is 5.41 Å². The molecule has 0 saturated heterocycles. The van der Waals surface area contributed by atoms with Crippen molar-refractivity contribution in [2.75, 3.05) is 19.6 Å². The van der Waals surface area contributed by atoms with Crippen molar-refractivity contribution in [1.82, 2.24) is 4.90 Å². The Bertz CT molecular complexity index is 529. The third-order valence-corrected chi connectivity index (χ3v) is 5.05. The van der Waals surface area contributed by atoms with E-state index in [9.17, 15) is 4.79 Å². The zero-order valence-corrected chi connectivity index (χ0v) is 12.6. The van der Waals surface area contributed by atoms with E-state index in [0.717, 1.165) is 45.2 Å². The lowest BCUT2D eigenvalue weighted by molar-refractivity contribution is -0.141. The van der Waals surface area contributed by atoms with Gasteiger partial charge in [0.15, 0.2) is 0 Å². The molecule has 0 radical (unpaired) electrons. The maximum atomic E-state index is 12.8. The van der Waals surface area contributed by atoms with Crippen molar-refractivity contribution >= 4 is 11.5 Å². The number of hydrogen-bond donors (Lipinski definition) is 1. The maximum Gasteiger partial charge on any atom is 0.230 e. The van der Waals surface area contributed by atoms with Crippen molar-refractivity contribution in [2.24, 2.45) is 11.1 Å². The molecule has 1 saturated carbocycles. The lowest BCUT2D eigenvalue weighted by Crippen LogP contribution is -2.47. The summed E-state index contributed by atoms with van der Waals surface area (Å²) < 4.78 is 0. The molecular weight excluding hydrogens is 260 g/mol. The Morgan fingerprint density at radius 2 is 1.90 bits per heavy atom. The molecule has 3 rings (SSSR count). The Kier molecular flexibility index (Phi) is 4.11. The minimum Gasteiger partial charge on any atom is -0.338 e. The number of amides is 1. The quantitative estimate of drug-likeness (QED) is 0.927. The van der Waals surface area contributed by atoms with Crippen molar-refractivity contribution in [1.29, 1.82) is 0 Å². The van der Waals surface area contributed by atoms with Crippen molar-refractivity contribution in [3.05, 3.63) is 42.0 Å². The van der Waals surface area contributed by atoms with Crippen LogP contribution in [0.3, 0.4) is 0 Å². The average molecular weight is 284 g/mol. The van der Waals surface area contributed by atoms with Crippen LogP contribution in [0.15, 0.2) is 36.4 Å². The largest absolute Gasteiger partial charge is 0.338 e. The molecule has 1 amide bonds. The number of nitrogens with zero attached hydrogens (tertiary/aromatic N) is 1. The highest BCUT2D eigenvalue weighted by atomic mass is 16.2. The molecule has 2 N–H and O–H groups in total. The number of hydrogen-bond acceptors (Lipinski definition) is 2. The predicted molar refractivity (Wildman–Crippen MR) is 85.6 cm³/mol. The molecule has 1 heterocycles. The van der Waals surface area contributed by atoms with Crippen molar-refractivity contribution in [2.45, 2.75) is 32.1 Å². The molecule has 1 fully saturated rings. The monoisotopic (exact) mass is 284 g/mol. The minimum atomic E-state index is -0.266. The highest BCUT2D eigenvalue weighted by molar-refractivity contribution is 5.84. The SMILES string of the molecule is NCC1(C(=O)N2CC=C(c3ccccc3)CC2)CCCC1. The van der Waals surface area contributed by atoms with E-state index in [1.54, 1.807) is 0 Å². The van der Waals surface area contributed by atoms with Crippen LogP contribution in [0.2, 0.25) is 0 Å². The summed E-state index contributed by atoms with van der Waals surface area (Å²) in [7, 11) is 0. The van der Waals surface area contributed by atoms with E-state index in [4.69, 9.17) is 5.73 Å². The number of benzene rings is 1. The van der Waals surface area contributed by atoms with E-state index in [0.29, 0.717) is 6.54 Å². The molecule has 3 heteroatoms. The van der Waals surface area contributed by atoms with Crippen LogP contribution in [0.4, 0.5) is 0 Å². The Morgan fingerprint density at radius 3 is 2.48 bits per heavy atom. The molecular formula is C18H24N2O. The highest BCUT2D eigenvalue weighted by Gasteiger charge is 2.42.